The number of carbonyl (C=O) groups excluding carboxylic acids is 6. The van der Waals surface area contributed by atoms with Gasteiger partial charge >= 0.3 is 11.9 Å². The molecule has 1 aliphatic heterocycles. The molecule has 1 atom stereocenters. The van der Waals surface area contributed by atoms with Gasteiger partial charge in [0.05, 0.1) is 18.4 Å². The average Bonchev–Trinajstić information content (AvgIpc) is 3.19. The second kappa shape index (κ2) is 16.9. The van der Waals surface area contributed by atoms with Crippen LogP contribution in [0.5, 0.6) is 0 Å². The first-order chi connectivity index (χ1) is 19.8. The fourth-order valence-electron chi connectivity index (χ4n) is 4.32. The van der Waals surface area contributed by atoms with Gasteiger partial charge in [0.25, 0.3) is 11.8 Å². The van der Waals surface area contributed by atoms with Crippen LogP contribution in [0.2, 0.25) is 0 Å². The van der Waals surface area contributed by atoms with Gasteiger partial charge in [-0.05, 0) is 59.8 Å². The van der Waals surface area contributed by atoms with Crippen LogP contribution in [0.25, 0.3) is 0 Å². The summed E-state index contributed by atoms with van der Waals surface area (Å²) < 4.78 is 11.5. The van der Waals surface area contributed by atoms with Crippen molar-refractivity contribution in [3.8, 4) is 11.8 Å². The minimum Gasteiger partial charge on any atom is -0.462 e. The van der Waals surface area contributed by atoms with Crippen molar-refractivity contribution in [3.05, 3.63) is 0 Å². The van der Waals surface area contributed by atoms with Crippen LogP contribution in [-0.4, -0.2) is 71.0 Å². The van der Waals surface area contributed by atoms with Gasteiger partial charge in [-0.3, -0.25) is 24.0 Å². The first-order valence-corrected chi connectivity index (χ1v) is 14.7. The minimum atomic E-state index is -0.826. The summed E-state index contributed by atoms with van der Waals surface area (Å²) in [5, 5.41) is 6.12. The molecular weight excluding hydrogens is 546 g/mol. The van der Waals surface area contributed by atoms with Gasteiger partial charge in [0.15, 0.2) is 0 Å². The zero-order valence-electron chi connectivity index (χ0n) is 25.3. The minimum absolute atomic E-state index is 0.00598. The topological polar surface area (TPSA) is 157 Å². The van der Waals surface area contributed by atoms with Crippen LogP contribution in [-0.2, 0) is 43.1 Å². The fourth-order valence-corrected chi connectivity index (χ4v) is 4.32. The lowest BCUT2D eigenvalue weighted by atomic mass is 10.00. The van der Waals surface area contributed by atoms with Gasteiger partial charge in [-0.1, -0.05) is 0 Å². The average molecular weight is 592 g/mol. The van der Waals surface area contributed by atoms with Crippen molar-refractivity contribution in [3.63, 3.8) is 0 Å². The Morgan fingerprint density at radius 2 is 1.50 bits per heavy atom. The van der Waals surface area contributed by atoms with Crippen molar-refractivity contribution < 1.29 is 43.1 Å². The zero-order chi connectivity index (χ0) is 31.2. The molecule has 1 heterocycles. The summed E-state index contributed by atoms with van der Waals surface area (Å²) in [6.45, 7) is 8.22. The third kappa shape index (κ3) is 13.9. The number of ether oxygens (including phenoxy) is 2. The van der Waals surface area contributed by atoms with Crippen LogP contribution in [0.1, 0.15) is 111 Å². The molecule has 0 spiro atoms. The molecule has 2 rings (SSSR count). The van der Waals surface area contributed by atoms with E-state index in [9.17, 15) is 28.8 Å². The Morgan fingerprint density at radius 1 is 0.857 bits per heavy atom. The van der Waals surface area contributed by atoms with E-state index in [0.717, 1.165) is 25.7 Å². The van der Waals surface area contributed by atoms with Gasteiger partial charge < -0.3 is 24.9 Å². The monoisotopic (exact) mass is 591 g/mol. The molecule has 1 aliphatic carbocycles. The van der Waals surface area contributed by atoms with E-state index < -0.39 is 28.9 Å². The van der Waals surface area contributed by atoms with Crippen molar-refractivity contribution in [1.82, 2.24) is 15.7 Å². The number of esters is 1. The third-order valence-corrected chi connectivity index (χ3v) is 6.90. The highest BCUT2D eigenvalue weighted by Gasteiger charge is 2.33. The Morgan fingerprint density at radius 3 is 2.21 bits per heavy atom. The summed E-state index contributed by atoms with van der Waals surface area (Å²) in [4.78, 5) is 76.3. The highest BCUT2D eigenvalue weighted by atomic mass is 16.7. The molecule has 42 heavy (non-hydrogen) atoms. The molecule has 2 N–H and O–H groups in total. The molecule has 0 bridgehead atoms. The molecule has 0 saturated carbocycles. The van der Waals surface area contributed by atoms with Crippen molar-refractivity contribution in [2.75, 3.05) is 13.2 Å². The van der Waals surface area contributed by atoms with Crippen molar-refractivity contribution in [2.45, 2.75) is 128 Å². The second-order valence-electron chi connectivity index (χ2n) is 11.8. The molecule has 0 aromatic carbocycles. The van der Waals surface area contributed by atoms with Crippen molar-refractivity contribution >= 4 is 35.6 Å². The maximum Gasteiger partial charge on any atom is 0.333 e. The molecule has 0 aromatic rings. The van der Waals surface area contributed by atoms with Crippen LogP contribution in [0.4, 0.5) is 0 Å². The van der Waals surface area contributed by atoms with Crippen LogP contribution < -0.4 is 10.6 Å². The summed E-state index contributed by atoms with van der Waals surface area (Å²) in [5.41, 5.74) is -1.11. The Balaban J connectivity index is 1.58. The molecule has 234 valence electrons. The van der Waals surface area contributed by atoms with E-state index >= 15 is 0 Å². The van der Waals surface area contributed by atoms with Gasteiger partial charge in [-0.15, -0.1) is 16.9 Å². The van der Waals surface area contributed by atoms with E-state index in [0.29, 0.717) is 37.5 Å². The zero-order valence-corrected chi connectivity index (χ0v) is 25.3. The van der Waals surface area contributed by atoms with E-state index in [4.69, 9.17) is 14.3 Å². The van der Waals surface area contributed by atoms with Crippen LogP contribution in [0.3, 0.4) is 0 Å². The molecule has 4 amide bonds. The standard InChI is InChI=1S/C30H45N3O9/c1-29(2,32-24(35)13-16-27(38)41-22-10-8-6-5-7-9-11-22)19-21-40-30(3,4)18-20-31-23(34)12-17-28(39)42-33-25(36)14-15-26(33)37/h22H,6,8-21H2,1-4H3,(H,31,34)(H,32,35). The summed E-state index contributed by atoms with van der Waals surface area (Å²) >= 11 is 0. The number of amides is 4. The number of hydroxylamine groups is 2. The highest BCUT2D eigenvalue weighted by Crippen LogP contribution is 2.18. The Kier molecular flexibility index (Phi) is 13.9. The molecule has 1 unspecified atom stereocenters. The summed E-state index contributed by atoms with van der Waals surface area (Å²) in [6.07, 6.45) is 4.54. The number of nitrogens with one attached hydrogen (secondary N) is 2. The lowest BCUT2D eigenvalue weighted by Crippen LogP contribution is -2.45. The lowest BCUT2D eigenvalue weighted by Gasteiger charge is -2.30. The summed E-state index contributed by atoms with van der Waals surface area (Å²) in [6, 6.07) is 0. The Labute approximate surface area is 247 Å². The first-order valence-electron chi connectivity index (χ1n) is 14.7. The van der Waals surface area contributed by atoms with E-state index in [1.165, 1.54) is 0 Å². The normalized spacial score (nSPS) is 17.4. The number of hydrogen-bond acceptors (Lipinski definition) is 9. The second-order valence-corrected chi connectivity index (χ2v) is 11.8. The summed E-state index contributed by atoms with van der Waals surface area (Å²) in [5.74, 6) is 3.21. The molecule has 12 heteroatoms. The molecule has 2 aliphatic rings. The predicted molar refractivity (Wildman–Crippen MR) is 151 cm³/mol. The number of rotatable bonds is 16. The Hall–Kier alpha value is -3.46. The van der Waals surface area contributed by atoms with Crippen molar-refractivity contribution in [1.29, 1.82) is 0 Å². The molecule has 0 aromatic heterocycles. The number of nitrogens with zero attached hydrogens (tertiary/aromatic N) is 1. The summed E-state index contributed by atoms with van der Waals surface area (Å²) in [7, 11) is 0. The number of hydrogen-bond donors (Lipinski definition) is 2. The number of imide groups is 1. The maximum atomic E-state index is 12.5. The maximum absolute atomic E-state index is 12.5. The quantitative estimate of drug-likeness (QED) is 0.156. The smallest absolute Gasteiger partial charge is 0.333 e. The van der Waals surface area contributed by atoms with Gasteiger partial charge in [-0.2, -0.15) is 0 Å². The molecule has 0 radical (unpaired) electrons. The van der Waals surface area contributed by atoms with E-state index in [2.05, 4.69) is 22.5 Å². The van der Waals surface area contributed by atoms with Gasteiger partial charge in [0, 0.05) is 57.2 Å². The third-order valence-electron chi connectivity index (χ3n) is 6.90. The fraction of sp³-hybridized carbons (Fsp3) is 0.733. The van der Waals surface area contributed by atoms with Crippen LogP contribution >= 0.6 is 0 Å². The van der Waals surface area contributed by atoms with Crippen molar-refractivity contribution in [2.24, 2.45) is 0 Å². The predicted octanol–water partition coefficient (Wildman–Crippen LogP) is 2.62. The van der Waals surface area contributed by atoms with E-state index in [1.807, 2.05) is 27.7 Å². The molecular formula is C30H45N3O9. The SMILES string of the molecule is CC(C)(CCOC(C)(C)CCNC(=O)CCC(=O)ON1C(=O)CCC1=O)NC(=O)CCC(=O)OC1CCC#CCCC1. The van der Waals surface area contributed by atoms with Crippen LogP contribution in [0.15, 0.2) is 0 Å². The lowest BCUT2D eigenvalue weighted by molar-refractivity contribution is -0.197. The van der Waals surface area contributed by atoms with Gasteiger partial charge in [0.2, 0.25) is 11.8 Å². The van der Waals surface area contributed by atoms with E-state index in [-0.39, 0.29) is 62.4 Å². The first kappa shape index (κ1) is 34.7. The van der Waals surface area contributed by atoms with Gasteiger partial charge in [-0.25, -0.2) is 4.79 Å². The van der Waals surface area contributed by atoms with Crippen LogP contribution in [0, 0.1) is 11.8 Å². The molecule has 1 fully saturated rings. The highest BCUT2D eigenvalue weighted by molar-refractivity contribution is 6.01. The largest absolute Gasteiger partial charge is 0.462 e. The van der Waals surface area contributed by atoms with Gasteiger partial charge in [0.1, 0.15) is 6.10 Å². The molecule has 1 saturated heterocycles. The number of carbonyl (C=O) groups is 6. The van der Waals surface area contributed by atoms with E-state index in [1.54, 1.807) is 0 Å². The molecule has 12 nitrogen and oxygen atoms in total. The Bertz CT molecular complexity index is 1040.